The van der Waals surface area contributed by atoms with Crippen LogP contribution in [0.1, 0.15) is 23.9 Å². The molecule has 28 heavy (non-hydrogen) atoms. The van der Waals surface area contributed by atoms with Crippen LogP contribution in [0.5, 0.6) is 0 Å². The van der Waals surface area contributed by atoms with Crippen molar-refractivity contribution in [1.82, 2.24) is 14.6 Å². The molecule has 0 saturated heterocycles. The van der Waals surface area contributed by atoms with Gasteiger partial charge in [-0.25, -0.2) is 4.52 Å². The van der Waals surface area contributed by atoms with Gasteiger partial charge in [0.1, 0.15) is 17.0 Å². The molecule has 0 aliphatic heterocycles. The number of nitrogens with zero attached hydrogens (tertiary/aromatic N) is 3. The van der Waals surface area contributed by atoms with E-state index in [1.54, 1.807) is 23.8 Å². The van der Waals surface area contributed by atoms with Crippen molar-refractivity contribution in [3.05, 3.63) is 46.8 Å². The summed E-state index contributed by atoms with van der Waals surface area (Å²) < 4.78 is 35.7. The number of rotatable bonds is 8. The third kappa shape index (κ3) is 4.78. The number of nitrogens with two attached hydrogens (primary N) is 1. The fourth-order valence-electron chi connectivity index (χ4n) is 2.74. The molecule has 0 saturated carbocycles. The summed E-state index contributed by atoms with van der Waals surface area (Å²) in [6.45, 7) is -1.07. The average Bonchev–Trinajstić information content (AvgIpc) is 3.27. The zero-order valence-electron chi connectivity index (χ0n) is 15.0. The molecule has 3 aromatic heterocycles. The minimum absolute atomic E-state index is 0.0288. The van der Waals surface area contributed by atoms with Crippen molar-refractivity contribution in [2.24, 2.45) is 5.73 Å². The molecular weight excluding hydrogens is 392 g/mol. The molecule has 3 N–H and O–H groups in total. The number of hydrogen-bond donors (Lipinski definition) is 2. The number of anilines is 1. The van der Waals surface area contributed by atoms with Crippen molar-refractivity contribution in [1.29, 1.82) is 0 Å². The summed E-state index contributed by atoms with van der Waals surface area (Å²) in [5.41, 5.74) is 7.85. The monoisotopic (exact) mass is 409 g/mol. The Morgan fingerprint density at radius 3 is 2.96 bits per heavy atom. The average molecular weight is 410 g/mol. The van der Waals surface area contributed by atoms with Crippen LogP contribution in [0.25, 0.3) is 5.52 Å². The van der Waals surface area contributed by atoms with Crippen molar-refractivity contribution >= 4 is 22.9 Å². The van der Waals surface area contributed by atoms with Gasteiger partial charge in [0.15, 0.2) is 5.82 Å². The van der Waals surface area contributed by atoms with Crippen LogP contribution in [0.2, 0.25) is 5.28 Å². The summed E-state index contributed by atoms with van der Waals surface area (Å²) in [7, 11) is 0. The lowest BCUT2D eigenvalue weighted by Gasteiger charge is -2.11. The second-order valence-corrected chi connectivity index (χ2v) is 6.25. The Labute approximate surface area is 164 Å². The van der Waals surface area contributed by atoms with Crippen LogP contribution >= 0.6 is 11.6 Å². The summed E-state index contributed by atoms with van der Waals surface area (Å²) in [6.07, 6.45) is 1.85. The number of ether oxygens (including phenoxy) is 1. The Morgan fingerprint density at radius 2 is 2.29 bits per heavy atom. The molecule has 0 spiro atoms. The van der Waals surface area contributed by atoms with Gasteiger partial charge in [-0.05, 0) is 54.6 Å². The fourth-order valence-corrected chi connectivity index (χ4v) is 2.90. The number of nitrogens with one attached hydrogen (secondary N) is 1. The molecule has 1 unspecified atom stereocenters. The van der Waals surface area contributed by atoms with E-state index >= 15 is 0 Å². The Balaban J connectivity index is 1.93. The Morgan fingerprint density at radius 1 is 1.46 bits per heavy atom. The summed E-state index contributed by atoms with van der Waals surface area (Å²) in [6, 6.07) is 4.79. The SMILES string of the molecule is CC#Cc1c(CC(N)COC(F)F)cc2c(NCc3ccco3)nc(Cl)nn12. The van der Waals surface area contributed by atoms with Gasteiger partial charge >= 0.3 is 6.61 Å². The first-order valence-corrected chi connectivity index (χ1v) is 8.78. The lowest BCUT2D eigenvalue weighted by atomic mass is 10.1. The number of aromatic nitrogens is 3. The molecule has 3 aromatic rings. The highest BCUT2D eigenvalue weighted by Gasteiger charge is 2.18. The van der Waals surface area contributed by atoms with E-state index in [2.05, 4.69) is 32.0 Å². The number of alkyl halides is 2. The summed E-state index contributed by atoms with van der Waals surface area (Å²) in [4.78, 5) is 4.23. The molecule has 0 amide bonds. The highest BCUT2D eigenvalue weighted by molar-refractivity contribution is 6.28. The van der Waals surface area contributed by atoms with Gasteiger partial charge in [0.05, 0.1) is 19.4 Å². The maximum absolute atomic E-state index is 12.2. The van der Waals surface area contributed by atoms with Gasteiger partial charge < -0.3 is 20.2 Å². The maximum atomic E-state index is 12.2. The van der Waals surface area contributed by atoms with Gasteiger partial charge in [0.25, 0.3) is 0 Å². The minimum atomic E-state index is -2.86. The van der Waals surface area contributed by atoms with E-state index in [-0.39, 0.29) is 18.3 Å². The first-order chi connectivity index (χ1) is 13.5. The molecule has 0 aliphatic carbocycles. The van der Waals surface area contributed by atoms with Crippen LogP contribution in [-0.2, 0) is 17.7 Å². The summed E-state index contributed by atoms with van der Waals surface area (Å²) in [5.74, 6) is 6.99. The fraction of sp³-hybridized carbons (Fsp3) is 0.333. The third-order valence-electron chi connectivity index (χ3n) is 3.86. The van der Waals surface area contributed by atoms with Crippen molar-refractivity contribution in [3.63, 3.8) is 0 Å². The Kier molecular flexibility index (Phi) is 6.46. The number of hydrogen-bond acceptors (Lipinski definition) is 6. The van der Waals surface area contributed by atoms with Gasteiger partial charge in [0, 0.05) is 6.04 Å². The molecule has 10 heteroatoms. The Hall–Kier alpha value is -2.67. The van der Waals surface area contributed by atoms with Crippen LogP contribution in [0, 0.1) is 11.8 Å². The van der Waals surface area contributed by atoms with Gasteiger partial charge in [-0.1, -0.05) is 5.92 Å². The first-order valence-electron chi connectivity index (χ1n) is 8.40. The van der Waals surface area contributed by atoms with E-state index in [0.29, 0.717) is 23.6 Å². The third-order valence-corrected chi connectivity index (χ3v) is 4.02. The molecule has 3 rings (SSSR count). The molecular formula is C18H18ClF2N5O2. The van der Waals surface area contributed by atoms with E-state index in [0.717, 1.165) is 11.3 Å². The van der Waals surface area contributed by atoms with Crippen molar-refractivity contribution < 1.29 is 17.9 Å². The molecule has 0 radical (unpaired) electrons. The second kappa shape index (κ2) is 9.01. The summed E-state index contributed by atoms with van der Waals surface area (Å²) in [5, 5.41) is 7.40. The largest absolute Gasteiger partial charge is 0.467 e. The topological polar surface area (TPSA) is 90.6 Å². The molecule has 1 atom stereocenters. The summed E-state index contributed by atoms with van der Waals surface area (Å²) >= 11 is 6.07. The Bertz CT molecular complexity index is 995. The number of furan rings is 1. The second-order valence-electron chi connectivity index (χ2n) is 5.91. The van der Waals surface area contributed by atoms with Crippen LogP contribution in [0.4, 0.5) is 14.6 Å². The van der Waals surface area contributed by atoms with E-state index in [9.17, 15) is 8.78 Å². The lowest BCUT2D eigenvalue weighted by molar-refractivity contribution is -0.131. The number of halogens is 3. The first kappa shape index (κ1) is 20.1. The van der Waals surface area contributed by atoms with E-state index in [1.807, 2.05) is 12.1 Å². The van der Waals surface area contributed by atoms with E-state index < -0.39 is 12.7 Å². The molecule has 3 heterocycles. The van der Waals surface area contributed by atoms with E-state index in [1.165, 1.54) is 0 Å². The molecule has 7 nitrogen and oxygen atoms in total. The van der Waals surface area contributed by atoms with E-state index in [4.69, 9.17) is 21.8 Å². The predicted octanol–water partition coefficient (Wildman–Crippen LogP) is 3.07. The van der Waals surface area contributed by atoms with Gasteiger partial charge in [-0.2, -0.15) is 13.8 Å². The zero-order valence-corrected chi connectivity index (χ0v) is 15.7. The van der Waals surface area contributed by atoms with Gasteiger partial charge in [0.2, 0.25) is 5.28 Å². The zero-order chi connectivity index (χ0) is 20.1. The van der Waals surface area contributed by atoms with Crippen molar-refractivity contribution in [2.75, 3.05) is 11.9 Å². The molecule has 0 bridgehead atoms. The molecule has 0 aromatic carbocycles. The minimum Gasteiger partial charge on any atom is -0.467 e. The lowest BCUT2D eigenvalue weighted by Crippen LogP contribution is -2.29. The van der Waals surface area contributed by atoms with Crippen LogP contribution in [-0.4, -0.2) is 33.9 Å². The molecule has 0 aliphatic rings. The smallest absolute Gasteiger partial charge is 0.345 e. The van der Waals surface area contributed by atoms with Crippen molar-refractivity contribution in [2.45, 2.75) is 32.5 Å². The van der Waals surface area contributed by atoms with Crippen LogP contribution in [0.15, 0.2) is 28.9 Å². The standard InChI is InChI=1S/C18H18ClF2N5O2/c1-2-4-14-11(7-12(22)10-28-18(20)21)8-15-16(24-17(19)25-26(14)15)23-9-13-5-3-6-27-13/h3,5-6,8,12,18H,7,9-10,22H2,1H3,(H,23,24,25). The number of fused-ring (bicyclic) bond motifs is 1. The highest BCUT2D eigenvalue weighted by Crippen LogP contribution is 2.24. The van der Waals surface area contributed by atoms with Crippen LogP contribution < -0.4 is 11.1 Å². The molecule has 0 fully saturated rings. The highest BCUT2D eigenvalue weighted by atomic mass is 35.5. The maximum Gasteiger partial charge on any atom is 0.345 e. The van der Waals surface area contributed by atoms with Crippen LogP contribution in [0.3, 0.4) is 0 Å². The van der Waals surface area contributed by atoms with Gasteiger partial charge in [-0.3, -0.25) is 0 Å². The normalized spacial score (nSPS) is 12.2. The molecule has 148 valence electrons. The quantitative estimate of drug-likeness (QED) is 0.556. The van der Waals surface area contributed by atoms with Gasteiger partial charge in [-0.15, -0.1) is 5.10 Å². The predicted molar refractivity (Wildman–Crippen MR) is 100 cm³/mol. The van der Waals surface area contributed by atoms with Crippen molar-refractivity contribution in [3.8, 4) is 11.8 Å².